The van der Waals surface area contributed by atoms with Gasteiger partial charge in [0.15, 0.2) is 0 Å². The van der Waals surface area contributed by atoms with Crippen molar-refractivity contribution in [3.63, 3.8) is 0 Å². The minimum Gasteiger partial charge on any atom is -0.461 e. The van der Waals surface area contributed by atoms with Crippen molar-refractivity contribution in [3.05, 3.63) is 35.9 Å². The Bertz CT molecular complexity index is 476. The van der Waals surface area contributed by atoms with Gasteiger partial charge in [-0.2, -0.15) is 0 Å². The van der Waals surface area contributed by atoms with Gasteiger partial charge in [-0.1, -0.05) is 30.3 Å². The van der Waals surface area contributed by atoms with Crippen LogP contribution in [0.5, 0.6) is 0 Å². The first-order valence-corrected chi connectivity index (χ1v) is 9.20. The first kappa shape index (κ1) is 19.8. The number of hydrogen-bond acceptors (Lipinski definition) is 6. The van der Waals surface area contributed by atoms with E-state index >= 15 is 0 Å². The third-order valence-electron chi connectivity index (χ3n) is 4.38. The summed E-state index contributed by atoms with van der Waals surface area (Å²) in [6, 6.07) is 9.79. The lowest BCUT2D eigenvalue weighted by Gasteiger charge is -2.34. The van der Waals surface area contributed by atoms with Crippen molar-refractivity contribution in [1.82, 2.24) is 9.80 Å². The molecule has 0 spiro atoms. The SMILES string of the molecule is NCCOCCN1CCN(CCCC(=O)OCc2ccccc2)CC1. The van der Waals surface area contributed by atoms with Gasteiger partial charge in [0.2, 0.25) is 0 Å². The van der Waals surface area contributed by atoms with Gasteiger partial charge in [0.05, 0.1) is 13.2 Å². The lowest BCUT2D eigenvalue weighted by molar-refractivity contribution is -0.145. The molecule has 1 aliphatic heterocycles. The van der Waals surface area contributed by atoms with Gasteiger partial charge in [0, 0.05) is 45.7 Å². The second kappa shape index (κ2) is 12.0. The predicted octanol–water partition coefficient (Wildman–Crippen LogP) is 1.10. The van der Waals surface area contributed by atoms with E-state index < -0.39 is 0 Å². The summed E-state index contributed by atoms with van der Waals surface area (Å²) in [6.45, 7) is 8.50. The zero-order valence-corrected chi connectivity index (χ0v) is 15.1. The van der Waals surface area contributed by atoms with Crippen LogP contribution in [0.3, 0.4) is 0 Å². The number of carbonyl (C=O) groups excluding carboxylic acids is 1. The maximum Gasteiger partial charge on any atom is 0.306 e. The Morgan fingerprint density at radius 2 is 1.68 bits per heavy atom. The van der Waals surface area contributed by atoms with Gasteiger partial charge in [-0.05, 0) is 18.5 Å². The molecule has 0 atom stereocenters. The van der Waals surface area contributed by atoms with Gasteiger partial charge >= 0.3 is 5.97 Å². The lowest BCUT2D eigenvalue weighted by Crippen LogP contribution is -2.47. The van der Waals surface area contributed by atoms with E-state index in [4.69, 9.17) is 15.2 Å². The Kier molecular flexibility index (Phi) is 9.51. The molecule has 140 valence electrons. The molecule has 2 rings (SSSR count). The predicted molar refractivity (Wildman–Crippen MR) is 98.2 cm³/mol. The third kappa shape index (κ3) is 8.45. The Balaban J connectivity index is 1.49. The van der Waals surface area contributed by atoms with E-state index in [1.54, 1.807) is 0 Å². The van der Waals surface area contributed by atoms with Crippen LogP contribution in [0, 0.1) is 0 Å². The Morgan fingerprint density at radius 3 is 2.36 bits per heavy atom. The maximum absolute atomic E-state index is 11.8. The highest BCUT2D eigenvalue weighted by molar-refractivity contribution is 5.69. The molecule has 1 heterocycles. The molecule has 1 aromatic rings. The van der Waals surface area contributed by atoms with Crippen LogP contribution in [-0.2, 0) is 20.9 Å². The molecule has 2 N–H and O–H groups in total. The molecule has 0 aromatic heterocycles. The van der Waals surface area contributed by atoms with Crippen molar-refractivity contribution in [2.24, 2.45) is 5.73 Å². The summed E-state index contributed by atoms with van der Waals surface area (Å²) >= 11 is 0. The highest BCUT2D eigenvalue weighted by Gasteiger charge is 2.16. The number of ether oxygens (including phenoxy) is 2. The van der Waals surface area contributed by atoms with Gasteiger partial charge in [0.25, 0.3) is 0 Å². The number of esters is 1. The highest BCUT2D eigenvalue weighted by atomic mass is 16.5. The minimum absolute atomic E-state index is 0.112. The molecule has 0 amide bonds. The van der Waals surface area contributed by atoms with E-state index in [-0.39, 0.29) is 5.97 Å². The van der Waals surface area contributed by atoms with Gasteiger partial charge in [-0.15, -0.1) is 0 Å². The Hall–Kier alpha value is -1.47. The molecular weight excluding hydrogens is 318 g/mol. The lowest BCUT2D eigenvalue weighted by atomic mass is 10.2. The van der Waals surface area contributed by atoms with Crippen molar-refractivity contribution in [2.45, 2.75) is 19.4 Å². The fourth-order valence-corrected chi connectivity index (χ4v) is 2.87. The van der Waals surface area contributed by atoms with Gasteiger partial charge in [-0.25, -0.2) is 0 Å². The number of carbonyl (C=O) groups is 1. The molecule has 0 bridgehead atoms. The topological polar surface area (TPSA) is 68.0 Å². The monoisotopic (exact) mass is 349 g/mol. The van der Waals surface area contributed by atoms with Crippen LogP contribution in [0.1, 0.15) is 18.4 Å². The Morgan fingerprint density at radius 1 is 1.00 bits per heavy atom. The van der Waals surface area contributed by atoms with Gasteiger partial charge in [0.1, 0.15) is 6.61 Å². The first-order chi connectivity index (χ1) is 12.3. The van der Waals surface area contributed by atoms with Crippen LogP contribution in [-0.4, -0.2) is 74.8 Å². The normalized spacial score (nSPS) is 16.0. The zero-order valence-electron chi connectivity index (χ0n) is 15.1. The van der Waals surface area contributed by atoms with E-state index in [1.807, 2.05) is 30.3 Å². The molecule has 1 aliphatic rings. The summed E-state index contributed by atoms with van der Waals surface area (Å²) in [5, 5.41) is 0. The largest absolute Gasteiger partial charge is 0.461 e. The molecule has 6 heteroatoms. The zero-order chi connectivity index (χ0) is 17.7. The molecular formula is C19H31N3O3. The quantitative estimate of drug-likeness (QED) is 0.477. The number of benzene rings is 1. The van der Waals surface area contributed by atoms with Crippen molar-refractivity contribution in [3.8, 4) is 0 Å². The molecule has 0 unspecified atom stereocenters. The molecule has 6 nitrogen and oxygen atoms in total. The van der Waals surface area contributed by atoms with Crippen LogP contribution in [0.15, 0.2) is 30.3 Å². The fraction of sp³-hybridized carbons (Fsp3) is 0.632. The number of nitrogens with two attached hydrogens (primary N) is 1. The number of piperazine rings is 1. The molecule has 1 aromatic carbocycles. The third-order valence-corrected chi connectivity index (χ3v) is 4.38. The van der Waals surface area contributed by atoms with Crippen LogP contribution < -0.4 is 5.73 Å². The van der Waals surface area contributed by atoms with Crippen molar-refractivity contribution < 1.29 is 14.3 Å². The second-order valence-electron chi connectivity index (χ2n) is 6.33. The first-order valence-electron chi connectivity index (χ1n) is 9.20. The van der Waals surface area contributed by atoms with E-state index in [0.29, 0.717) is 26.2 Å². The van der Waals surface area contributed by atoms with Crippen LogP contribution in [0.4, 0.5) is 0 Å². The molecule has 1 fully saturated rings. The number of hydrogen-bond donors (Lipinski definition) is 1. The van der Waals surface area contributed by atoms with E-state index in [1.165, 1.54) is 0 Å². The van der Waals surface area contributed by atoms with Gasteiger partial charge in [-0.3, -0.25) is 9.69 Å². The van der Waals surface area contributed by atoms with Crippen molar-refractivity contribution in [2.75, 3.05) is 59.0 Å². The highest BCUT2D eigenvalue weighted by Crippen LogP contribution is 2.06. The van der Waals surface area contributed by atoms with Crippen LogP contribution in [0.25, 0.3) is 0 Å². The summed E-state index contributed by atoms with van der Waals surface area (Å²) in [5.74, 6) is -0.112. The van der Waals surface area contributed by atoms with E-state index in [9.17, 15) is 4.79 Å². The minimum atomic E-state index is -0.112. The summed E-state index contributed by atoms with van der Waals surface area (Å²) < 4.78 is 10.7. The van der Waals surface area contributed by atoms with Crippen molar-refractivity contribution in [1.29, 1.82) is 0 Å². The Labute approximate surface area is 150 Å². The molecule has 0 saturated carbocycles. The van der Waals surface area contributed by atoms with E-state index in [2.05, 4.69) is 9.80 Å². The molecule has 1 saturated heterocycles. The summed E-state index contributed by atoms with van der Waals surface area (Å²) in [7, 11) is 0. The summed E-state index contributed by atoms with van der Waals surface area (Å²) in [4.78, 5) is 16.6. The summed E-state index contributed by atoms with van der Waals surface area (Å²) in [6.07, 6.45) is 1.34. The average molecular weight is 349 g/mol. The van der Waals surface area contributed by atoms with Gasteiger partial charge < -0.3 is 20.1 Å². The fourth-order valence-electron chi connectivity index (χ4n) is 2.87. The number of nitrogens with zero attached hydrogens (tertiary/aromatic N) is 2. The maximum atomic E-state index is 11.8. The molecule has 25 heavy (non-hydrogen) atoms. The van der Waals surface area contributed by atoms with Crippen molar-refractivity contribution >= 4 is 5.97 Å². The van der Waals surface area contributed by atoms with Crippen LogP contribution >= 0.6 is 0 Å². The second-order valence-corrected chi connectivity index (χ2v) is 6.33. The smallest absolute Gasteiger partial charge is 0.306 e. The molecule has 0 aliphatic carbocycles. The average Bonchev–Trinajstić information content (AvgIpc) is 2.66. The van der Waals surface area contributed by atoms with Crippen LogP contribution in [0.2, 0.25) is 0 Å². The number of rotatable bonds is 11. The van der Waals surface area contributed by atoms with E-state index in [0.717, 1.165) is 57.9 Å². The summed E-state index contributed by atoms with van der Waals surface area (Å²) in [5.41, 5.74) is 6.43. The standard InChI is InChI=1S/C19H31N3O3/c20-8-15-24-16-14-22-12-10-21(11-13-22)9-4-7-19(23)25-17-18-5-2-1-3-6-18/h1-3,5-6H,4,7-17,20H2. The molecule has 0 radical (unpaired) electrons.